The van der Waals surface area contributed by atoms with Crippen LogP contribution in [0.1, 0.15) is 12.0 Å². The molecule has 1 aromatic rings. The van der Waals surface area contributed by atoms with Crippen LogP contribution in [-0.2, 0) is 16.0 Å². The minimum absolute atomic E-state index is 0.0922. The van der Waals surface area contributed by atoms with E-state index in [0.717, 1.165) is 17.7 Å². The smallest absolute Gasteiger partial charge is 0.410 e. The van der Waals surface area contributed by atoms with Crippen molar-refractivity contribution in [2.75, 3.05) is 27.4 Å². The predicted molar refractivity (Wildman–Crippen MR) is 70.2 cm³/mol. The number of carbonyl (C=O) groups is 1. The highest BCUT2D eigenvalue weighted by atomic mass is 16.6. The topological polar surface area (TPSA) is 48.0 Å². The van der Waals surface area contributed by atoms with E-state index in [1.54, 1.807) is 19.1 Å². The molecule has 5 nitrogen and oxygen atoms in total. The predicted octanol–water partition coefficient (Wildman–Crippen LogP) is 2.05. The maximum atomic E-state index is 11.7. The maximum absolute atomic E-state index is 11.7. The second-order valence-electron chi connectivity index (χ2n) is 4.49. The van der Waals surface area contributed by atoms with E-state index in [1.165, 1.54) is 0 Å². The van der Waals surface area contributed by atoms with Gasteiger partial charge in [0.15, 0.2) is 0 Å². The summed E-state index contributed by atoms with van der Waals surface area (Å²) in [6.07, 6.45) is 0.537. The fourth-order valence-electron chi connectivity index (χ4n) is 2.10. The molecule has 1 amide bonds. The molecule has 0 saturated carbocycles. The number of methoxy groups -OCH3 is 2. The van der Waals surface area contributed by atoms with Gasteiger partial charge in [0.25, 0.3) is 0 Å². The van der Waals surface area contributed by atoms with Crippen molar-refractivity contribution in [3.05, 3.63) is 29.8 Å². The van der Waals surface area contributed by atoms with Gasteiger partial charge < -0.3 is 14.2 Å². The molecule has 1 atom stereocenters. The Morgan fingerprint density at radius 1 is 1.32 bits per heavy atom. The molecule has 0 unspecified atom stereocenters. The Hall–Kier alpha value is -1.75. The number of nitrogens with zero attached hydrogens (tertiary/aromatic N) is 1. The Bertz CT molecular complexity index is 418. The molecule has 104 valence electrons. The number of carbonyl (C=O) groups excluding carboxylic acids is 1. The first-order valence-electron chi connectivity index (χ1n) is 6.30. The van der Waals surface area contributed by atoms with Crippen molar-refractivity contribution in [3.63, 3.8) is 0 Å². The molecule has 1 heterocycles. The molecule has 0 aromatic heterocycles. The molecular formula is C14H19NO4. The lowest BCUT2D eigenvalue weighted by Crippen LogP contribution is -2.33. The first kappa shape index (κ1) is 13.7. The summed E-state index contributed by atoms with van der Waals surface area (Å²) in [5.74, 6) is 0.809. The van der Waals surface area contributed by atoms with E-state index in [4.69, 9.17) is 14.2 Å². The van der Waals surface area contributed by atoms with Crippen LogP contribution in [0.15, 0.2) is 24.3 Å². The Balaban J connectivity index is 1.99. The zero-order valence-electron chi connectivity index (χ0n) is 11.3. The van der Waals surface area contributed by atoms with Gasteiger partial charge in [0.05, 0.1) is 13.2 Å². The largest absolute Gasteiger partial charge is 0.497 e. The van der Waals surface area contributed by atoms with Gasteiger partial charge in [-0.1, -0.05) is 12.1 Å². The van der Waals surface area contributed by atoms with Crippen LogP contribution in [-0.4, -0.2) is 44.5 Å². The fraction of sp³-hybridized carbons (Fsp3) is 0.500. The van der Waals surface area contributed by atoms with Crippen LogP contribution < -0.4 is 4.74 Å². The number of benzene rings is 1. The van der Waals surface area contributed by atoms with Crippen molar-refractivity contribution < 1.29 is 19.0 Å². The minimum atomic E-state index is -0.253. The summed E-state index contributed by atoms with van der Waals surface area (Å²) in [7, 11) is 3.29. The van der Waals surface area contributed by atoms with Crippen LogP contribution >= 0.6 is 0 Å². The molecule has 1 aliphatic heterocycles. The van der Waals surface area contributed by atoms with E-state index in [1.807, 2.05) is 24.3 Å². The Morgan fingerprint density at radius 2 is 2.05 bits per heavy atom. The maximum Gasteiger partial charge on any atom is 0.410 e. The highest BCUT2D eigenvalue weighted by Crippen LogP contribution is 2.20. The molecule has 0 radical (unpaired) electrons. The van der Waals surface area contributed by atoms with Crippen LogP contribution in [0.2, 0.25) is 0 Å². The molecule has 0 bridgehead atoms. The zero-order chi connectivity index (χ0) is 13.7. The normalized spacial score (nSPS) is 18.5. The summed E-state index contributed by atoms with van der Waals surface area (Å²) < 4.78 is 15.3. The number of amides is 1. The number of hydrogen-bond acceptors (Lipinski definition) is 4. The Labute approximate surface area is 113 Å². The van der Waals surface area contributed by atoms with Crippen molar-refractivity contribution >= 4 is 6.09 Å². The van der Waals surface area contributed by atoms with E-state index >= 15 is 0 Å². The Morgan fingerprint density at radius 3 is 2.68 bits per heavy atom. The van der Waals surface area contributed by atoms with Gasteiger partial charge in [0, 0.05) is 20.3 Å². The van der Waals surface area contributed by atoms with Gasteiger partial charge in [0.2, 0.25) is 0 Å². The second-order valence-corrected chi connectivity index (χ2v) is 4.49. The summed E-state index contributed by atoms with van der Waals surface area (Å²) in [4.78, 5) is 13.5. The molecule has 0 N–H and O–H groups in total. The molecule has 0 spiro atoms. The molecule has 1 aromatic carbocycles. The second kappa shape index (κ2) is 6.43. The fourth-order valence-corrected chi connectivity index (χ4v) is 2.10. The van der Waals surface area contributed by atoms with Gasteiger partial charge in [0.1, 0.15) is 12.4 Å². The summed E-state index contributed by atoms with van der Waals surface area (Å²) in [6.45, 7) is 1.62. The lowest BCUT2D eigenvalue weighted by molar-refractivity contribution is 0.150. The monoisotopic (exact) mass is 265 g/mol. The lowest BCUT2D eigenvalue weighted by Gasteiger charge is -2.21. The molecule has 1 aliphatic rings. The quantitative estimate of drug-likeness (QED) is 0.790. The van der Waals surface area contributed by atoms with Crippen molar-refractivity contribution in [1.82, 2.24) is 4.90 Å². The summed E-state index contributed by atoms with van der Waals surface area (Å²) >= 11 is 0. The van der Waals surface area contributed by atoms with Gasteiger partial charge >= 0.3 is 6.09 Å². The van der Waals surface area contributed by atoms with Crippen LogP contribution in [0, 0.1) is 0 Å². The third kappa shape index (κ3) is 3.38. The summed E-state index contributed by atoms with van der Waals surface area (Å²) in [6, 6.07) is 7.78. The van der Waals surface area contributed by atoms with Crippen LogP contribution in [0.3, 0.4) is 0 Å². The molecule has 1 saturated heterocycles. The standard InChI is InChI=1S/C14H19NO4/c1-17-8-7-12-10-19-14(16)15(12)9-11-3-5-13(18-2)6-4-11/h3-6,12H,7-10H2,1-2H3/t12-/m1/s1. The van der Waals surface area contributed by atoms with E-state index in [2.05, 4.69) is 0 Å². The van der Waals surface area contributed by atoms with E-state index in [9.17, 15) is 4.79 Å². The van der Waals surface area contributed by atoms with E-state index in [0.29, 0.717) is 19.8 Å². The summed E-state index contributed by atoms with van der Waals surface area (Å²) in [5.41, 5.74) is 1.06. The van der Waals surface area contributed by atoms with Gasteiger partial charge in [-0.3, -0.25) is 4.90 Å². The molecule has 0 aliphatic carbocycles. The highest BCUT2D eigenvalue weighted by molar-refractivity contribution is 5.70. The van der Waals surface area contributed by atoms with Crippen molar-refractivity contribution in [2.45, 2.75) is 19.0 Å². The lowest BCUT2D eigenvalue weighted by atomic mass is 10.1. The average Bonchev–Trinajstić information content (AvgIpc) is 2.78. The van der Waals surface area contributed by atoms with Crippen LogP contribution in [0.5, 0.6) is 5.75 Å². The van der Waals surface area contributed by atoms with E-state index in [-0.39, 0.29) is 12.1 Å². The summed E-state index contributed by atoms with van der Waals surface area (Å²) in [5, 5.41) is 0. The number of ether oxygens (including phenoxy) is 3. The van der Waals surface area contributed by atoms with Crippen LogP contribution in [0.25, 0.3) is 0 Å². The van der Waals surface area contributed by atoms with Gasteiger partial charge in [-0.25, -0.2) is 4.79 Å². The minimum Gasteiger partial charge on any atom is -0.497 e. The molecule has 1 fully saturated rings. The number of rotatable bonds is 6. The molecular weight excluding hydrogens is 246 g/mol. The van der Waals surface area contributed by atoms with Crippen molar-refractivity contribution in [3.8, 4) is 5.75 Å². The Kier molecular flexibility index (Phi) is 4.63. The van der Waals surface area contributed by atoms with Crippen molar-refractivity contribution in [2.24, 2.45) is 0 Å². The molecule has 5 heteroatoms. The molecule has 2 rings (SSSR count). The van der Waals surface area contributed by atoms with Gasteiger partial charge in [-0.15, -0.1) is 0 Å². The van der Waals surface area contributed by atoms with Crippen LogP contribution in [0.4, 0.5) is 4.79 Å². The third-order valence-corrected chi connectivity index (χ3v) is 3.24. The highest BCUT2D eigenvalue weighted by Gasteiger charge is 2.32. The molecule has 19 heavy (non-hydrogen) atoms. The van der Waals surface area contributed by atoms with E-state index < -0.39 is 0 Å². The van der Waals surface area contributed by atoms with Gasteiger partial charge in [-0.2, -0.15) is 0 Å². The SMILES string of the molecule is COCC[C@@H]1COC(=O)N1Cc1ccc(OC)cc1. The first-order valence-corrected chi connectivity index (χ1v) is 6.30. The number of hydrogen-bond donors (Lipinski definition) is 0. The average molecular weight is 265 g/mol. The van der Waals surface area contributed by atoms with Gasteiger partial charge in [-0.05, 0) is 24.1 Å². The number of cyclic esters (lactones) is 1. The van der Waals surface area contributed by atoms with Crippen molar-refractivity contribution in [1.29, 1.82) is 0 Å². The zero-order valence-corrected chi connectivity index (χ0v) is 11.3. The third-order valence-electron chi connectivity index (χ3n) is 3.24. The first-order chi connectivity index (χ1) is 9.24.